The fourth-order valence-electron chi connectivity index (χ4n) is 2.85. The summed E-state index contributed by atoms with van der Waals surface area (Å²) in [6, 6.07) is 7.88. The molecule has 0 unspecified atom stereocenters. The van der Waals surface area contributed by atoms with Gasteiger partial charge in [-0.1, -0.05) is 6.92 Å². The van der Waals surface area contributed by atoms with Crippen LogP contribution in [0.15, 0.2) is 51.9 Å². The van der Waals surface area contributed by atoms with Crippen LogP contribution < -0.4 is 10.4 Å². The van der Waals surface area contributed by atoms with Crippen molar-refractivity contribution >= 4 is 22.9 Å². The van der Waals surface area contributed by atoms with Crippen molar-refractivity contribution in [2.45, 2.75) is 33.1 Å². The number of aryl methyl sites for hydroxylation is 2. The van der Waals surface area contributed by atoms with Gasteiger partial charge in [-0.05, 0) is 49.1 Å². The quantitative estimate of drug-likeness (QED) is 0.343. The number of rotatable bonds is 7. The van der Waals surface area contributed by atoms with Gasteiger partial charge in [0.05, 0.1) is 12.2 Å². The van der Waals surface area contributed by atoms with Crippen LogP contribution in [0, 0.1) is 6.92 Å². The number of nitrogens with zero attached hydrogens (tertiary/aromatic N) is 1. The van der Waals surface area contributed by atoms with E-state index in [4.69, 9.17) is 13.9 Å². The highest BCUT2D eigenvalue weighted by Crippen LogP contribution is 2.29. The number of fused-ring (bicyclic) bond motifs is 1. The van der Waals surface area contributed by atoms with Gasteiger partial charge in [-0.15, -0.1) is 0 Å². The van der Waals surface area contributed by atoms with Gasteiger partial charge in [0, 0.05) is 36.3 Å². The van der Waals surface area contributed by atoms with Crippen LogP contribution in [0.3, 0.4) is 0 Å². The van der Waals surface area contributed by atoms with Crippen molar-refractivity contribution in [3.05, 3.63) is 69.8 Å². The summed E-state index contributed by atoms with van der Waals surface area (Å²) in [5, 5.41) is 0.711. The molecule has 1 aromatic carbocycles. The molecule has 0 atom stereocenters. The molecule has 0 saturated heterocycles. The van der Waals surface area contributed by atoms with Crippen LogP contribution in [0.5, 0.6) is 5.75 Å². The number of aromatic nitrogens is 1. The normalized spacial score (nSPS) is 10.7. The van der Waals surface area contributed by atoms with Gasteiger partial charge in [0.2, 0.25) is 0 Å². The molecule has 0 radical (unpaired) electrons. The van der Waals surface area contributed by atoms with Crippen molar-refractivity contribution in [3.8, 4) is 5.75 Å². The second-order valence-electron chi connectivity index (χ2n) is 6.56. The second-order valence-corrected chi connectivity index (χ2v) is 6.56. The molecule has 150 valence electrons. The number of hydrogen-bond donors (Lipinski definition) is 0. The number of carbonyl (C=O) groups excluding carboxylic acids is 2. The molecule has 29 heavy (non-hydrogen) atoms. The molecule has 0 bridgehead atoms. The summed E-state index contributed by atoms with van der Waals surface area (Å²) < 4.78 is 15.9. The van der Waals surface area contributed by atoms with Gasteiger partial charge >= 0.3 is 17.6 Å². The summed E-state index contributed by atoms with van der Waals surface area (Å²) >= 11 is 0. The van der Waals surface area contributed by atoms with E-state index in [1.807, 2.05) is 6.92 Å². The Morgan fingerprint density at radius 2 is 2.03 bits per heavy atom. The van der Waals surface area contributed by atoms with E-state index in [2.05, 4.69) is 4.98 Å². The Morgan fingerprint density at radius 1 is 1.21 bits per heavy atom. The Kier molecular flexibility index (Phi) is 6.39. The summed E-state index contributed by atoms with van der Waals surface area (Å²) in [4.78, 5) is 40.0. The topological polar surface area (TPSA) is 95.7 Å². The van der Waals surface area contributed by atoms with E-state index in [1.54, 1.807) is 31.3 Å². The molecule has 2 aromatic heterocycles. The number of carbonyl (C=O) groups is 2. The fraction of sp³-hybridized carbons (Fsp3) is 0.273. The van der Waals surface area contributed by atoms with E-state index in [-0.39, 0.29) is 23.7 Å². The molecule has 3 aromatic rings. The zero-order valence-electron chi connectivity index (χ0n) is 16.3. The number of esters is 2. The molecule has 0 aliphatic rings. The summed E-state index contributed by atoms with van der Waals surface area (Å²) in [7, 11) is 0. The first kappa shape index (κ1) is 20.3. The lowest BCUT2D eigenvalue weighted by Crippen LogP contribution is -2.12. The van der Waals surface area contributed by atoms with E-state index >= 15 is 0 Å². The SMILES string of the molecule is CCCOC(=O)CCc1cc2c(C)cc(=O)oc2cc1OC(=O)c1cccnc1. The highest BCUT2D eigenvalue weighted by molar-refractivity contribution is 5.92. The van der Waals surface area contributed by atoms with Gasteiger partial charge in [-0.2, -0.15) is 0 Å². The highest BCUT2D eigenvalue weighted by Gasteiger charge is 2.16. The molecular weight excluding hydrogens is 374 g/mol. The number of ether oxygens (including phenoxy) is 2. The van der Waals surface area contributed by atoms with E-state index in [0.29, 0.717) is 29.6 Å². The molecule has 0 aliphatic heterocycles. The zero-order chi connectivity index (χ0) is 20.8. The van der Waals surface area contributed by atoms with E-state index in [9.17, 15) is 14.4 Å². The van der Waals surface area contributed by atoms with E-state index < -0.39 is 11.6 Å². The van der Waals surface area contributed by atoms with Crippen LogP contribution in [0.1, 0.15) is 41.3 Å². The van der Waals surface area contributed by atoms with Crippen molar-refractivity contribution in [1.82, 2.24) is 4.98 Å². The maximum atomic E-state index is 12.5. The highest BCUT2D eigenvalue weighted by atomic mass is 16.5. The minimum absolute atomic E-state index is 0.138. The molecular formula is C22H21NO6. The van der Waals surface area contributed by atoms with Crippen molar-refractivity contribution in [1.29, 1.82) is 0 Å². The van der Waals surface area contributed by atoms with Gasteiger partial charge in [-0.25, -0.2) is 9.59 Å². The minimum atomic E-state index is -0.595. The van der Waals surface area contributed by atoms with Crippen LogP contribution >= 0.6 is 0 Å². The van der Waals surface area contributed by atoms with Crippen molar-refractivity contribution < 1.29 is 23.5 Å². The molecule has 7 nitrogen and oxygen atoms in total. The van der Waals surface area contributed by atoms with Crippen LogP contribution in [-0.4, -0.2) is 23.5 Å². The predicted octanol–water partition coefficient (Wildman–Crippen LogP) is 3.60. The average molecular weight is 395 g/mol. The Bertz CT molecular complexity index is 1090. The number of pyridine rings is 1. The molecule has 0 spiro atoms. The zero-order valence-corrected chi connectivity index (χ0v) is 16.3. The van der Waals surface area contributed by atoms with Crippen molar-refractivity contribution in [2.75, 3.05) is 6.61 Å². The third-order valence-corrected chi connectivity index (χ3v) is 4.30. The van der Waals surface area contributed by atoms with Gasteiger partial charge in [0.25, 0.3) is 0 Å². The minimum Gasteiger partial charge on any atom is -0.466 e. The van der Waals surface area contributed by atoms with Crippen LogP contribution in [-0.2, 0) is 16.0 Å². The van der Waals surface area contributed by atoms with E-state index in [1.165, 1.54) is 18.3 Å². The van der Waals surface area contributed by atoms with Crippen molar-refractivity contribution in [2.24, 2.45) is 0 Å². The Labute approximate surface area is 167 Å². The van der Waals surface area contributed by atoms with Gasteiger partial charge in [0.15, 0.2) is 0 Å². The molecule has 0 fully saturated rings. The largest absolute Gasteiger partial charge is 0.466 e. The molecule has 7 heteroatoms. The summed E-state index contributed by atoms with van der Waals surface area (Å²) in [5.41, 5.74) is 1.47. The third-order valence-electron chi connectivity index (χ3n) is 4.30. The average Bonchev–Trinajstić information content (AvgIpc) is 2.71. The van der Waals surface area contributed by atoms with E-state index in [0.717, 1.165) is 12.0 Å². The predicted molar refractivity (Wildman–Crippen MR) is 106 cm³/mol. The smallest absolute Gasteiger partial charge is 0.345 e. The first-order valence-electron chi connectivity index (χ1n) is 9.33. The van der Waals surface area contributed by atoms with Crippen LogP contribution in [0.4, 0.5) is 0 Å². The van der Waals surface area contributed by atoms with Gasteiger partial charge < -0.3 is 13.9 Å². The Morgan fingerprint density at radius 3 is 2.76 bits per heavy atom. The summed E-state index contributed by atoms with van der Waals surface area (Å²) in [5.74, 6) is -0.696. The lowest BCUT2D eigenvalue weighted by atomic mass is 10.0. The van der Waals surface area contributed by atoms with Crippen LogP contribution in [0.25, 0.3) is 11.0 Å². The molecule has 0 saturated carbocycles. The first-order valence-corrected chi connectivity index (χ1v) is 9.33. The molecule has 0 N–H and O–H groups in total. The monoisotopic (exact) mass is 395 g/mol. The third kappa shape index (κ3) is 5.07. The molecule has 0 amide bonds. The van der Waals surface area contributed by atoms with Gasteiger partial charge in [0.1, 0.15) is 11.3 Å². The summed E-state index contributed by atoms with van der Waals surface area (Å²) in [6.45, 7) is 4.08. The molecule has 0 aliphatic carbocycles. The Balaban J connectivity index is 1.94. The lowest BCUT2D eigenvalue weighted by molar-refractivity contribution is -0.143. The number of benzene rings is 1. The van der Waals surface area contributed by atoms with Gasteiger partial charge in [-0.3, -0.25) is 9.78 Å². The first-order chi connectivity index (χ1) is 14.0. The Hall–Kier alpha value is -3.48. The maximum Gasteiger partial charge on any atom is 0.345 e. The number of hydrogen-bond acceptors (Lipinski definition) is 7. The maximum absolute atomic E-state index is 12.5. The lowest BCUT2D eigenvalue weighted by Gasteiger charge is -2.12. The standard InChI is InChI=1S/C22H21NO6/c1-3-9-27-20(24)7-6-15-11-17-14(2)10-21(25)28-19(17)12-18(15)29-22(26)16-5-4-8-23-13-16/h4-5,8,10-13H,3,6-7,9H2,1-2H3. The van der Waals surface area contributed by atoms with Crippen molar-refractivity contribution in [3.63, 3.8) is 0 Å². The molecule has 3 rings (SSSR count). The second kappa shape index (κ2) is 9.14. The molecule has 2 heterocycles. The fourth-order valence-corrected chi connectivity index (χ4v) is 2.85. The summed E-state index contributed by atoms with van der Waals surface area (Å²) in [6.07, 6.45) is 4.15. The van der Waals surface area contributed by atoms with Crippen LogP contribution in [0.2, 0.25) is 0 Å².